The lowest BCUT2D eigenvalue weighted by Gasteiger charge is -2.07. The van der Waals surface area contributed by atoms with E-state index in [1.165, 1.54) is 12.4 Å². The van der Waals surface area contributed by atoms with Gasteiger partial charge in [0.15, 0.2) is 0 Å². The monoisotopic (exact) mass is 247 g/mol. The van der Waals surface area contributed by atoms with Crippen LogP contribution in [0.2, 0.25) is 0 Å². The van der Waals surface area contributed by atoms with E-state index in [2.05, 4.69) is 9.82 Å². The largest absolute Gasteiger partial charge is 0.480 e. The number of carboxylic acids is 1. The van der Waals surface area contributed by atoms with Crippen LogP contribution in [0.5, 0.6) is 0 Å². The van der Waals surface area contributed by atoms with E-state index in [1.807, 2.05) is 0 Å². The van der Waals surface area contributed by atoms with Crippen molar-refractivity contribution in [3.8, 4) is 0 Å². The minimum atomic E-state index is -3.42. The maximum Gasteiger partial charge on any atom is 0.325 e. The van der Waals surface area contributed by atoms with Gasteiger partial charge in [0.05, 0.1) is 17.1 Å². The first-order valence-corrected chi connectivity index (χ1v) is 6.12. The average molecular weight is 247 g/mol. The maximum absolute atomic E-state index is 11.5. The second kappa shape index (κ2) is 4.52. The van der Waals surface area contributed by atoms with Crippen LogP contribution in [-0.4, -0.2) is 34.5 Å². The fraction of sp³-hybridized carbons (Fsp3) is 0.500. The minimum Gasteiger partial charge on any atom is -0.480 e. The van der Waals surface area contributed by atoms with Crippen molar-refractivity contribution in [1.82, 2.24) is 9.78 Å². The summed E-state index contributed by atoms with van der Waals surface area (Å²) in [6.07, 6.45) is 2.59. The Morgan fingerprint density at radius 2 is 2.25 bits per heavy atom. The fourth-order valence-electron chi connectivity index (χ4n) is 0.923. The molecule has 0 radical (unpaired) electrons. The second-order valence-corrected chi connectivity index (χ2v) is 5.75. The van der Waals surface area contributed by atoms with Crippen molar-refractivity contribution >= 4 is 21.7 Å². The molecule has 0 amide bonds. The van der Waals surface area contributed by atoms with Crippen molar-refractivity contribution in [2.75, 3.05) is 4.72 Å². The van der Waals surface area contributed by atoms with Crippen LogP contribution >= 0.6 is 0 Å². The molecule has 0 aliphatic rings. The van der Waals surface area contributed by atoms with E-state index in [-0.39, 0.29) is 12.2 Å². The molecule has 90 valence electrons. The number of aromatic nitrogens is 2. The van der Waals surface area contributed by atoms with E-state index in [0.29, 0.717) is 0 Å². The molecule has 1 rings (SSSR count). The summed E-state index contributed by atoms with van der Waals surface area (Å²) in [6.45, 7) is 2.79. The highest BCUT2D eigenvalue weighted by Crippen LogP contribution is 2.10. The zero-order valence-electron chi connectivity index (χ0n) is 8.91. The lowest BCUT2D eigenvalue weighted by Crippen LogP contribution is -2.22. The summed E-state index contributed by atoms with van der Waals surface area (Å²) >= 11 is 0. The van der Waals surface area contributed by atoms with Crippen LogP contribution in [0.4, 0.5) is 5.69 Å². The molecule has 16 heavy (non-hydrogen) atoms. The highest BCUT2D eigenvalue weighted by molar-refractivity contribution is 7.93. The minimum absolute atomic E-state index is 0.259. The van der Waals surface area contributed by atoms with Crippen molar-refractivity contribution in [2.24, 2.45) is 0 Å². The highest BCUT2D eigenvalue weighted by Gasteiger charge is 2.16. The molecule has 0 aromatic carbocycles. The molecule has 0 aliphatic heterocycles. The van der Waals surface area contributed by atoms with Crippen LogP contribution < -0.4 is 4.72 Å². The van der Waals surface area contributed by atoms with Gasteiger partial charge in [0, 0.05) is 6.20 Å². The van der Waals surface area contributed by atoms with E-state index in [0.717, 1.165) is 4.68 Å². The van der Waals surface area contributed by atoms with Gasteiger partial charge in [0.1, 0.15) is 6.54 Å². The Labute approximate surface area is 93.1 Å². The van der Waals surface area contributed by atoms with Crippen LogP contribution in [0, 0.1) is 0 Å². The fourth-order valence-corrected chi connectivity index (χ4v) is 1.59. The summed E-state index contributed by atoms with van der Waals surface area (Å²) in [6, 6.07) is 0. The first-order valence-electron chi connectivity index (χ1n) is 4.57. The van der Waals surface area contributed by atoms with Gasteiger partial charge in [-0.3, -0.25) is 14.2 Å². The Morgan fingerprint density at radius 3 is 2.75 bits per heavy atom. The third kappa shape index (κ3) is 3.23. The number of nitrogens with zero attached hydrogens (tertiary/aromatic N) is 2. The van der Waals surface area contributed by atoms with Gasteiger partial charge in [-0.1, -0.05) is 0 Å². The maximum atomic E-state index is 11.5. The molecule has 0 unspecified atom stereocenters. The van der Waals surface area contributed by atoms with Crippen molar-refractivity contribution in [1.29, 1.82) is 0 Å². The summed E-state index contributed by atoms with van der Waals surface area (Å²) < 4.78 is 26.4. The molecule has 0 atom stereocenters. The molecule has 0 aliphatic carbocycles. The summed E-state index contributed by atoms with van der Waals surface area (Å²) in [5.41, 5.74) is 0.259. The smallest absolute Gasteiger partial charge is 0.325 e. The third-order valence-electron chi connectivity index (χ3n) is 1.81. The summed E-state index contributed by atoms with van der Waals surface area (Å²) in [7, 11) is -3.42. The van der Waals surface area contributed by atoms with Gasteiger partial charge in [-0.25, -0.2) is 8.42 Å². The Hall–Kier alpha value is -1.57. The van der Waals surface area contributed by atoms with Gasteiger partial charge in [0.2, 0.25) is 10.0 Å². The van der Waals surface area contributed by atoms with E-state index in [4.69, 9.17) is 5.11 Å². The van der Waals surface area contributed by atoms with Crippen molar-refractivity contribution in [2.45, 2.75) is 25.6 Å². The summed E-state index contributed by atoms with van der Waals surface area (Å²) in [5.74, 6) is -1.04. The lowest BCUT2D eigenvalue weighted by molar-refractivity contribution is -0.137. The highest BCUT2D eigenvalue weighted by atomic mass is 32.2. The van der Waals surface area contributed by atoms with Crippen LogP contribution in [0.25, 0.3) is 0 Å². The molecule has 0 saturated heterocycles. The number of sulfonamides is 1. The van der Waals surface area contributed by atoms with E-state index < -0.39 is 21.2 Å². The Kier molecular flexibility index (Phi) is 3.53. The van der Waals surface area contributed by atoms with Gasteiger partial charge >= 0.3 is 5.97 Å². The lowest BCUT2D eigenvalue weighted by atomic mass is 10.6. The predicted octanol–water partition coefficient (Wildman–Crippen LogP) is 0.118. The molecule has 0 fully saturated rings. The van der Waals surface area contributed by atoms with Crippen LogP contribution in [0.15, 0.2) is 12.4 Å². The standard InChI is InChI=1S/C8H13N3O4S/c1-6(2)16(14,15)10-7-3-9-11(4-7)5-8(12)13/h3-4,6,10H,5H2,1-2H3,(H,12,13). The number of carbonyl (C=O) groups is 1. The van der Waals surface area contributed by atoms with Gasteiger partial charge < -0.3 is 5.11 Å². The van der Waals surface area contributed by atoms with Crippen molar-refractivity contribution in [3.05, 3.63) is 12.4 Å². The van der Waals surface area contributed by atoms with Crippen molar-refractivity contribution < 1.29 is 18.3 Å². The number of hydrogen-bond donors (Lipinski definition) is 2. The topological polar surface area (TPSA) is 101 Å². The zero-order chi connectivity index (χ0) is 12.3. The van der Waals surface area contributed by atoms with E-state index in [1.54, 1.807) is 13.8 Å². The molecule has 0 spiro atoms. The molecule has 8 heteroatoms. The predicted molar refractivity (Wildman–Crippen MR) is 57.5 cm³/mol. The molecular formula is C8H13N3O4S. The Balaban J connectivity index is 2.77. The summed E-state index contributed by atoms with van der Waals surface area (Å²) in [4.78, 5) is 10.4. The first kappa shape index (κ1) is 12.5. The average Bonchev–Trinajstić information content (AvgIpc) is 2.50. The SMILES string of the molecule is CC(C)S(=O)(=O)Nc1cnn(CC(=O)O)c1. The quantitative estimate of drug-likeness (QED) is 0.769. The first-order chi connectivity index (χ1) is 7.31. The Morgan fingerprint density at radius 1 is 1.62 bits per heavy atom. The van der Waals surface area contributed by atoms with Gasteiger partial charge in [-0.15, -0.1) is 0 Å². The summed E-state index contributed by atoms with van der Waals surface area (Å²) in [5, 5.41) is 11.6. The molecule has 2 N–H and O–H groups in total. The molecule has 0 saturated carbocycles. The zero-order valence-corrected chi connectivity index (χ0v) is 9.73. The molecular weight excluding hydrogens is 234 g/mol. The van der Waals surface area contributed by atoms with Crippen LogP contribution in [-0.2, 0) is 21.4 Å². The van der Waals surface area contributed by atoms with Crippen LogP contribution in [0.3, 0.4) is 0 Å². The third-order valence-corrected chi connectivity index (χ3v) is 3.57. The normalized spacial score (nSPS) is 11.7. The number of hydrogen-bond acceptors (Lipinski definition) is 4. The van der Waals surface area contributed by atoms with E-state index in [9.17, 15) is 13.2 Å². The number of rotatable bonds is 5. The number of aliphatic carboxylic acids is 1. The van der Waals surface area contributed by atoms with E-state index >= 15 is 0 Å². The number of anilines is 1. The Bertz CT molecular complexity index is 477. The van der Waals surface area contributed by atoms with Crippen molar-refractivity contribution in [3.63, 3.8) is 0 Å². The number of carboxylic acid groups (broad SMARTS) is 1. The molecule has 1 heterocycles. The second-order valence-electron chi connectivity index (χ2n) is 3.52. The van der Waals surface area contributed by atoms with Gasteiger partial charge in [0.25, 0.3) is 0 Å². The number of nitrogens with one attached hydrogen (secondary N) is 1. The molecule has 1 aromatic heterocycles. The van der Waals surface area contributed by atoms with Gasteiger partial charge in [-0.05, 0) is 13.8 Å². The molecule has 0 bridgehead atoms. The van der Waals surface area contributed by atoms with Gasteiger partial charge in [-0.2, -0.15) is 5.10 Å². The van der Waals surface area contributed by atoms with Crippen LogP contribution in [0.1, 0.15) is 13.8 Å². The molecule has 7 nitrogen and oxygen atoms in total. The molecule has 1 aromatic rings.